The highest BCUT2D eigenvalue weighted by atomic mass is 16.5. The van der Waals surface area contributed by atoms with Gasteiger partial charge in [0.2, 0.25) is 5.88 Å². The number of nitrogens with two attached hydrogens (primary N) is 1. The van der Waals surface area contributed by atoms with E-state index in [0.29, 0.717) is 12.5 Å². The van der Waals surface area contributed by atoms with Gasteiger partial charge in [0.1, 0.15) is 12.1 Å². The van der Waals surface area contributed by atoms with Crippen LogP contribution in [0, 0.1) is 0 Å². The van der Waals surface area contributed by atoms with Gasteiger partial charge in [0.15, 0.2) is 0 Å². The van der Waals surface area contributed by atoms with Crippen LogP contribution in [0.2, 0.25) is 0 Å². The summed E-state index contributed by atoms with van der Waals surface area (Å²) >= 11 is 0. The largest absolute Gasteiger partial charge is 0.478 e. The van der Waals surface area contributed by atoms with Crippen molar-refractivity contribution in [2.45, 2.75) is 25.8 Å². The predicted octanol–water partition coefficient (Wildman–Crippen LogP) is 2.77. The Morgan fingerprint density at radius 3 is 2.81 bits per heavy atom. The first-order valence-electron chi connectivity index (χ1n) is 7.29. The Morgan fingerprint density at radius 1 is 1.24 bits per heavy atom. The number of benzene rings is 1. The Balaban J connectivity index is 1.80. The van der Waals surface area contributed by atoms with Gasteiger partial charge in [-0.05, 0) is 18.4 Å². The lowest BCUT2D eigenvalue weighted by atomic mass is 10.1. The van der Waals surface area contributed by atoms with Crippen molar-refractivity contribution in [2.75, 3.05) is 18.5 Å². The second-order valence-electron chi connectivity index (χ2n) is 4.82. The van der Waals surface area contributed by atoms with E-state index in [1.807, 2.05) is 36.4 Å². The summed E-state index contributed by atoms with van der Waals surface area (Å²) in [6, 6.07) is 11.9. The lowest BCUT2D eigenvalue weighted by Crippen LogP contribution is -2.15. The smallest absolute Gasteiger partial charge is 0.218 e. The van der Waals surface area contributed by atoms with Crippen LogP contribution in [0.3, 0.4) is 0 Å². The highest BCUT2D eigenvalue weighted by molar-refractivity contribution is 5.37. The van der Waals surface area contributed by atoms with Crippen molar-refractivity contribution in [3.63, 3.8) is 0 Å². The molecule has 0 amide bonds. The Morgan fingerprint density at radius 2 is 2.05 bits per heavy atom. The zero-order valence-corrected chi connectivity index (χ0v) is 12.3. The van der Waals surface area contributed by atoms with Crippen molar-refractivity contribution >= 4 is 5.82 Å². The minimum absolute atomic E-state index is 0.0244. The molecule has 0 saturated heterocycles. The molecular weight excluding hydrogens is 264 g/mol. The molecule has 2 rings (SSSR count). The number of hydrogen-bond acceptors (Lipinski definition) is 5. The molecule has 0 aliphatic rings. The van der Waals surface area contributed by atoms with Crippen LogP contribution < -0.4 is 15.8 Å². The molecule has 1 aromatic carbocycles. The van der Waals surface area contributed by atoms with Gasteiger partial charge in [-0.15, -0.1) is 0 Å². The van der Waals surface area contributed by atoms with E-state index in [9.17, 15) is 0 Å². The van der Waals surface area contributed by atoms with Crippen LogP contribution in [0.4, 0.5) is 5.82 Å². The number of rotatable bonds is 8. The molecule has 5 heteroatoms. The van der Waals surface area contributed by atoms with Gasteiger partial charge in [0, 0.05) is 18.7 Å². The summed E-state index contributed by atoms with van der Waals surface area (Å²) in [5.74, 6) is 1.36. The summed E-state index contributed by atoms with van der Waals surface area (Å²) < 4.78 is 5.48. The summed E-state index contributed by atoms with van der Waals surface area (Å²) in [6.45, 7) is 3.47. The van der Waals surface area contributed by atoms with Crippen molar-refractivity contribution in [3.8, 4) is 5.88 Å². The maximum atomic E-state index is 6.16. The number of ether oxygens (including phenoxy) is 1. The summed E-state index contributed by atoms with van der Waals surface area (Å²) in [6.07, 6.45) is 3.29. The topological polar surface area (TPSA) is 73.1 Å². The van der Waals surface area contributed by atoms with Gasteiger partial charge in [-0.25, -0.2) is 9.97 Å². The van der Waals surface area contributed by atoms with Crippen molar-refractivity contribution in [2.24, 2.45) is 5.73 Å². The molecule has 3 N–H and O–H groups in total. The van der Waals surface area contributed by atoms with Gasteiger partial charge in [-0.3, -0.25) is 0 Å². The third kappa shape index (κ3) is 5.04. The molecule has 1 unspecified atom stereocenters. The molecule has 0 radical (unpaired) electrons. The monoisotopic (exact) mass is 286 g/mol. The van der Waals surface area contributed by atoms with Crippen molar-refractivity contribution in [1.29, 1.82) is 0 Å². The highest BCUT2D eigenvalue weighted by Gasteiger charge is 2.05. The van der Waals surface area contributed by atoms with Crippen LogP contribution >= 0.6 is 0 Å². The second-order valence-corrected chi connectivity index (χ2v) is 4.82. The van der Waals surface area contributed by atoms with Crippen molar-refractivity contribution in [3.05, 3.63) is 48.3 Å². The summed E-state index contributed by atoms with van der Waals surface area (Å²) in [4.78, 5) is 8.24. The van der Waals surface area contributed by atoms with Crippen LogP contribution in [-0.4, -0.2) is 23.1 Å². The number of nitrogens with zero attached hydrogens (tertiary/aromatic N) is 2. The normalized spacial score (nSPS) is 11.9. The Kier molecular flexibility index (Phi) is 5.97. The maximum absolute atomic E-state index is 6.16. The van der Waals surface area contributed by atoms with E-state index in [1.165, 1.54) is 6.33 Å². The molecule has 0 fully saturated rings. The van der Waals surface area contributed by atoms with Crippen LogP contribution in [0.5, 0.6) is 5.88 Å². The fourth-order valence-corrected chi connectivity index (χ4v) is 1.94. The first-order valence-corrected chi connectivity index (χ1v) is 7.29. The number of aromatic nitrogens is 2. The van der Waals surface area contributed by atoms with Gasteiger partial charge in [-0.1, -0.05) is 37.3 Å². The predicted molar refractivity (Wildman–Crippen MR) is 84.3 cm³/mol. The molecule has 1 aromatic heterocycles. The molecule has 112 valence electrons. The van der Waals surface area contributed by atoms with E-state index in [0.717, 1.165) is 30.8 Å². The first kappa shape index (κ1) is 15.3. The van der Waals surface area contributed by atoms with Crippen LogP contribution in [0.15, 0.2) is 42.7 Å². The SMILES string of the molecule is CCCOc1cc(NCCC(N)c2ccccc2)ncn1. The van der Waals surface area contributed by atoms with Gasteiger partial charge < -0.3 is 15.8 Å². The molecule has 1 atom stereocenters. The number of anilines is 1. The van der Waals surface area contributed by atoms with Crippen LogP contribution in [0.1, 0.15) is 31.4 Å². The third-order valence-electron chi connectivity index (χ3n) is 3.09. The van der Waals surface area contributed by atoms with Gasteiger partial charge in [-0.2, -0.15) is 0 Å². The Hall–Kier alpha value is -2.14. The first-order chi connectivity index (χ1) is 10.3. The molecule has 5 nitrogen and oxygen atoms in total. The molecule has 21 heavy (non-hydrogen) atoms. The minimum Gasteiger partial charge on any atom is -0.478 e. The molecule has 0 spiro atoms. The van der Waals surface area contributed by atoms with Gasteiger partial charge in [0.05, 0.1) is 6.61 Å². The van der Waals surface area contributed by atoms with E-state index >= 15 is 0 Å². The van der Waals surface area contributed by atoms with Crippen molar-refractivity contribution < 1.29 is 4.74 Å². The molecule has 0 bridgehead atoms. The Labute approximate surface area is 125 Å². The molecular formula is C16H22N4O. The zero-order chi connectivity index (χ0) is 14.9. The van der Waals surface area contributed by atoms with E-state index < -0.39 is 0 Å². The average molecular weight is 286 g/mol. The molecule has 1 heterocycles. The van der Waals surface area contributed by atoms with Crippen LogP contribution in [-0.2, 0) is 0 Å². The van der Waals surface area contributed by atoms with Crippen molar-refractivity contribution in [1.82, 2.24) is 9.97 Å². The fraction of sp³-hybridized carbons (Fsp3) is 0.375. The maximum Gasteiger partial charge on any atom is 0.218 e. The molecule has 0 saturated carbocycles. The van der Waals surface area contributed by atoms with E-state index in [2.05, 4.69) is 22.2 Å². The molecule has 0 aliphatic heterocycles. The number of nitrogens with one attached hydrogen (secondary N) is 1. The summed E-state index contributed by atoms with van der Waals surface area (Å²) in [5.41, 5.74) is 7.30. The zero-order valence-electron chi connectivity index (χ0n) is 12.3. The quantitative estimate of drug-likeness (QED) is 0.780. The number of hydrogen-bond donors (Lipinski definition) is 2. The van der Waals surface area contributed by atoms with Crippen LogP contribution in [0.25, 0.3) is 0 Å². The molecule has 2 aromatic rings. The van der Waals surface area contributed by atoms with Gasteiger partial charge >= 0.3 is 0 Å². The average Bonchev–Trinajstić information content (AvgIpc) is 2.54. The standard InChI is InChI=1S/C16H22N4O/c1-2-10-21-16-11-15(19-12-20-16)18-9-8-14(17)13-6-4-3-5-7-13/h3-7,11-12,14H,2,8-10,17H2,1H3,(H,18,19,20). The summed E-state index contributed by atoms with van der Waals surface area (Å²) in [7, 11) is 0. The lowest BCUT2D eigenvalue weighted by molar-refractivity contribution is 0.305. The molecule has 0 aliphatic carbocycles. The van der Waals surface area contributed by atoms with E-state index in [1.54, 1.807) is 0 Å². The summed E-state index contributed by atoms with van der Waals surface area (Å²) in [5, 5.41) is 3.25. The minimum atomic E-state index is 0.0244. The Bertz CT molecular complexity index is 533. The van der Waals surface area contributed by atoms with E-state index in [4.69, 9.17) is 10.5 Å². The second kappa shape index (κ2) is 8.21. The fourth-order valence-electron chi connectivity index (χ4n) is 1.94. The third-order valence-corrected chi connectivity index (χ3v) is 3.09. The van der Waals surface area contributed by atoms with Gasteiger partial charge in [0.25, 0.3) is 0 Å². The highest BCUT2D eigenvalue weighted by Crippen LogP contribution is 2.15. The lowest BCUT2D eigenvalue weighted by Gasteiger charge is -2.13. The van der Waals surface area contributed by atoms with E-state index in [-0.39, 0.29) is 6.04 Å².